The third kappa shape index (κ3) is 4.59. The molecule has 0 aromatic heterocycles. The number of carbonyl (C=O) groups excluding carboxylic acids is 3. The van der Waals surface area contributed by atoms with Crippen LogP contribution in [0.4, 0.5) is 4.79 Å². The first-order valence-corrected chi connectivity index (χ1v) is 12.1. The lowest BCUT2D eigenvalue weighted by molar-refractivity contribution is -0.135. The van der Waals surface area contributed by atoms with Crippen molar-refractivity contribution in [3.63, 3.8) is 0 Å². The van der Waals surface area contributed by atoms with Crippen LogP contribution >= 0.6 is 0 Å². The zero-order chi connectivity index (χ0) is 24.7. The molecule has 180 valence electrons. The quantitative estimate of drug-likeness (QED) is 0.666. The van der Waals surface area contributed by atoms with E-state index >= 15 is 0 Å². The van der Waals surface area contributed by atoms with E-state index in [4.69, 9.17) is 0 Å². The van der Waals surface area contributed by atoms with Crippen molar-refractivity contribution in [3.05, 3.63) is 69.8 Å². The molecule has 1 saturated heterocycles. The molecule has 2 aliphatic rings. The highest BCUT2D eigenvalue weighted by molar-refractivity contribution is 6.09. The van der Waals surface area contributed by atoms with E-state index in [1.54, 1.807) is 0 Å². The van der Waals surface area contributed by atoms with Gasteiger partial charge in [-0.3, -0.25) is 14.5 Å². The summed E-state index contributed by atoms with van der Waals surface area (Å²) in [5.41, 5.74) is 6.40. The maximum atomic E-state index is 13.2. The number of benzene rings is 2. The molecule has 6 nitrogen and oxygen atoms in total. The maximum Gasteiger partial charge on any atom is 0.325 e. The molecule has 34 heavy (non-hydrogen) atoms. The van der Waals surface area contributed by atoms with E-state index < -0.39 is 11.6 Å². The molecule has 1 heterocycles. The van der Waals surface area contributed by atoms with Crippen LogP contribution in [-0.4, -0.2) is 41.4 Å². The highest BCUT2D eigenvalue weighted by Crippen LogP contribution is 2.33. The minimum Gasteiger partial charge on any atom is -0.354 e. The van der Waals surface area contributed by atoms with Gasteiger partial charge >= 0.3 is 6.03 Å². The fourth-order valence-electron chi connectivity index (χ4n) is 5.19. The lowest BCUT2D eigenvalue weighted by Crippen LogP contribution is -2.51. The predicted octanol–water partition coefficient (Wildman–Crippen LogP) is 3.74. The average molecular weight is 462 g/mol. The standard InChI is InChI=1S/C28H35N3O3/c1-18-14-22(27(3,4)5)15-19(2)23(18)11-13-29-24(32)17-31-25(33)28(30-26(31)34)12-10-20-8-6-7-9-21(20)16-28/h6-9,14-15H,10-13,16-17H2,1-5H3,(H,29,32)(H,30,34). The van der Waals surface area contributed by atoms with Gasteiger partial charge in [-0.15, -0.1) is 0 Å². The van der Waals surface area contributed by atoms with Crippen molar-refractivity contribution in [1.29, 1.82) is 0 Å². The van der Waals surface area contributed by atoms with Crippen molar-refractivity contribution in [2.24, 2.45) is 0 Å². The van der Waals surface area contributed by atoms with Crippen molar-refractivity contribution in [2.45, 2.75) is 71.3 Å². The molecule has 1 fully saturated rings. The van der Waals surface area contributed by atoms with Gasteiger partial charge in [0.15, 0.2) is 0 Å². The highest BCUT2D eigenvalue weighted by atomic mass is 16.2. The number of nitrogens with zero attached hydrogens (tertiary/aromatic N) is 1. The Morgan fingerprint density at radius 1 is 1.09 bits per heavy atom. The minimum absolute atomic E-state index is 0.0862. The first kappa shape index (κ1) is 24.0. The summed E-state index contributed by atoms with van der Waals surface area (Å²) in [6.45, 7) is 11.0. The summed E-state index contributed by atoms with van der Waals surface area (Å²) in [7, 11) is 0. The number of hydrogen-bond donors (Lipinski definition) is 2. The monoisotopic (exact) mass is 461 g/mol. The Balaban J connectivity index is 1.35. The van der Waals surface area contributed by atoms with E-state index in [-0.39, 0.29) is 23.8 Å². The average Bonchev–Trinajstić information content (AvgIpc) is 2.98. The van der Waals surface area contributed by atoms with Gasteiger partial charge in [0.1, 0.15) is 12.1 Å². The van der Waals surface area contributed by atoms with Crippen LogP contribution in [-0.2, 0) is 34.3 Å². The van der Waals surface area contributed by atoms with Crippen LogP contribution in [0.25, 0.3) is 0 Å². The van der Waals surface area contributed by atoms with Gasteiger partial charge in [-0.05, 0) is 71.9 Å². The normalized spacial score (nSPS) is 19.9. The number of urea groups is 1. The van der Waals surface area contributed by atoms with Gasteiger partial charge in [0, 0.05) is 13.0 Å². The van der Waals surface area contributed by atoms with E-state index in [0.29, 0.717) is 25.8 Å². The van der Waals surface area contributed by atoms with Gasteiger partial charge in [0.05, 0.1) is 0 Å². The summed E-state index contributed by atoms with van der Waals surface area (Å²) in [5, 5.41) is 5.78. The molecule has 0 radical (unpaired) electrons. The number of imide groups is 1. The molecule has 2 aromatic carbocycles. The first-order chi connectivity index (χ1) is 16.0. The Hall–Kier alpha value is -3.15. The third-order valence-electron chi connectivity index (χ3n) is 7.24. The number of amides is 4. The summed E-state index contributed by atoms with van der Waals surface area (Å²) < 4.78 is 0. The molecular weight excluding hydrogens is 426 g/mol. The predicted molar refractivity (Wildman–Crippen MR) is 133 cm³/mol. The van der Waals surface area contributed by atoms with Crippen molar-refractivity contribution in [3.8, 4) is 0 Å². The molecule has 4 rings (SSSR count). The Labute approximate surface area is 202 Å². The molecule has 1 aliphatic carbocycles. The van der Waals surface area contributed by atoms with E-state index in [0.717, 1.165) is 16.9 Å². The van der Waals surface area contributed by atoms with Crippen LogP contribution in [0, 0.1) is 13.8 Å². The van der Waals surface area contributed by atoms with E-state index in [1.807, 2.05) is 18.2 Å². The number of nitrogens with one attached hydrogen (secondary N) is 2. The number of aryl methyl sites for hydroxylation is 3. The van der Waals surface area contributed by atoms with Crippen LogP contribution in [0.5, 0.6) is 0 Å². The second-order valence-corrected chi connectivity index (χ2v) is 10.8. The van der Waals surface area contributed by atoms with Crippen molar-refractivity contribution in [2.75, 3.05) is 13.1 Å². The molecular formula is C28H35N3O3. The van der Waals surface area contributed by atoms with Crippen LogP contribution in [0.2, 0.25) is 0 Å². The van der Waals surface area contributed by atoms with Gasteiger partial charge in [-0.1, -0.05) is 57.2 Å². The van der Waals surface area contributed by atoms with Crippen LogP contribution in [0.1, 0.15) is 60.6 Å². The van der Waals surface area contributed by atoms with Gasteiger partial charge < -0.3 is 10.6 Å². The van der Waals surface area contributed by atoms with Crippen LogP contribution in [0.15, 0.2) is 36.4 Å². The van der Waals surface area contributed by atoms with Gasteiger partial charge in [0.2, 0.25) is 5.91 Å². The highest BCUT2D eigenvalue weighted by Gasteiger charge is 2.52. The lowest BCUT2D eigenvalue weighted by Gasteiger charge is -2.32. The Kier molecular flexibility index (Phi) is 6.28. The van der Waals surface area contributed by atoms with Crippen molar-refractivity contribution in [1.82, 2.24) is 15.5 Å². The molecule has 1 atom stereocenters. The zero-order valence-corrected chi connectivity index (χ0v) is 20.9. The van der Waals surface area contributed by atoms with Crippen molar-refractivity contribution >= 4 is 17.8 Å². The first-order valence-electron chi connectivity index (χ1n) is 12.1. The SMILES string of the molecule is Cc1cc(C(C)(C)C)cc(C)c1CCNC(=O)CN1C(=O)NC2(CCc3ccccc3C2)C1=O. The summed E-state index contributed by atoms with van der Waals surface area (Å²) >= 11 is 0. The summed E-state index contributed by atoms with van der Waals surface area (Å²) in [6, 6.07) is 12.0. The maximum absolute atomic E-state index is 13.2. The summed E-state index contributed by atoms with van der Waals surface area (Å²) in [4.78, 5) is 39.5. The van der Waals surface area contributed by atoms with Crippen LogP contribution < -0.4 is 10.6 Å². The van der Waals surface area contributed by atoms with Crippen molar-refractivity contribution < 1.29 is 14.4 Å². The van der Waals surface area contributed by atoms with Gasteiger partial charge in [0.25, 0.3) is 5.91 Å². The summed E-state index contributed by atoms with van der Waals surface area (Å²) in [6.07, 6.45) is 2.45. The molecule has 2 aromatic rings. The Bertz CT molecular complexity index is 1120. The topological polar surface area (TPSA) is 78.5 Å². The second-order valence-electron chi connectivity index (χ2n) is 10.8. The van der Waals surface area contributed by atoms with Gasteiger partial charge in [-0.2, -0.15) is 0 Å². The lowest BCUT2D eigenvalue weighted by atomic mass is 9.78. The van der Waals surface area contributed by atoms with Gasteiger partial charge in [-0.25, -0.2) is 4.79 Å². The summed E-state index contributed by atoms with van der Waals surface area (Å²) in [5.74, 6) is -0.620. The molecule has 4 amide bonds. The fourth-order valence-corrected chi connectivity index (χ4v) is 5.19. The molecule has 1 spiro atoms. The Morgan fingerprint density at radius 3 is 2.38 bits per heavy atom. The smallest absolute Gasteiger partial charge is 0.325 e. The largest absolute Gasteiger partial charge is 0.354 e. The molecule has 6 heteroatoms. The van der Waals surface area contributed by atoms with E-state index in [1.165, 1.54) is 27.8 Å². The second kappa shape index (κ2) is 8.90. The third-order valence-corrected chi connectivity index (χ3v) is 7.24. The minimum atomic E-state index is -0.936. The molecule has 1 unspecified atom stereocenters. The number of hydrogen-bond acceptors (Lipinski definition) is 3. The van der Waals surface area contributed by atoms with E-state index in [2.05, 4.69) is 63.5 Å². The van der Waals surface area contributed by atoms with E-state index in [9.17, 15) is 14.4 Å². The number of fused-ring (bicyclic) bond motifs is 1. The molecule has 2 N–H and O–H groups in total. The Morgan fingerprint density at radius 2 is 1.74 bits per heavy atom. The molecule has 0 saturated carbocycles. The molecule has 0 bridgehead atoms. The number of carbonyl (C=O) groups is 3. The number of rotatable bonds is 5. The zero-order valence-electron chi connectivity index (χ0n) is 20.9. The van der Waals surface area contributed by atoms with Crippen LogP contribution in [0.3, 0.4) is 0 Å². The fraction of sp³-hybridized carbons (Fsp3) is 0.464. The molecule has 1 aliphatic heterocycles.